The van der Waals surface area contributed by atoms with Crippen molar-refractivity contribution in [3.05, 3.63) is 30.2 Å². The van der Waals surface area contributed by atoms with Crippen molar-refractivity contribution in [1.29, 1.82) is 0 Å². The molecule has 4 heteroatoms. The highest BCUT2D eigenvalue weighted by atomic mass is 16.3. The topological polar surface area (TPSA) is 55.1 Å². The molecule has 1 amide bonds. The van der Waals surface area contributed by atoms with Crippen LogP contribution in [-0.2, 0) is 11.2 Å². The largest absolute Gasteiger partial charge is 0.443 e. The van der Waals surface area contributed by atoms with Gasteiger partial charge in [-0.05, 0) is 24.1 Å². The number of nitrogens with one attached hydrogen (secondary N) is 1. The molecule has 0 radical (unpaired) electrons. The van der Waals surface area contributed by atoms with Crippen LogP contribution in [0.5, 0.6) is 0 Å². The molecule has 18 heavy (non-hydrogen) atoms. The molecule has 0 bridgehead atoms. The van der Waals surface area contributed by atoms with Crippen LogP contribution in [0.3, 0.4) is 0 Å². The summed E-state index contributed by atoms with van der Waals surface area (Å²) in [5, 5.41) is 2.93. The minimum Gasteiger partial charge on any atom is -0.443 e. The van der Waals surface area contributed by atoms with Gasteiger partial charge in [-0.15, -0.1) is 0 Å². The summed E-state index contributed by atoms with van der Waals surface area (Å²) in [6.45, 7) is 6.36. The van der Waals surface area contributed by atoms with E-state index in [4.69, 9.17) is 4.42 Å². The molecule has 1 N–H and O–H groups in total. The molecule has 0 spiro atoms. The number of carbonyl (C=O) groups excluding carboxylic acids is 1. The van der Waals surface area contributed by atoms with Crippen LogP contribution in [0.1, 0.15) is 26.3 Å². The van der Waals surface area contributed by atoms with Crippen LogP contribution in [0.25, 0.3) is 11.1 Å². The molecule has 4 nitrogen and oxygen atoms in total. The number of aromatic nitrogens is 1. The predicted molar refractivity (Wildman–Crippen MR) is 70.2 cm³/mol. The van der Waals surface area contributed by atoms with E-state index in [2.05, 4.69) is 10.3 Å². The molecular weight excluding hydrogens is 228 g/mol. The summed E-state index contributed by atoms with van der Waals surface area (Å²) < 4.78 is 5.18. The van der Waals surface area contributed by atoms with Crippen molar-refractivity contribution >= 4 is 17.0 Å². The number of rotatable bonds is 3. The molecule has 0 saturated heterocycles. The van der Waals surface area contributed by atoms with E-state index in [1.807, 2.05) is 39.0 Å². The summed E-state index contributed by atoms with van der Waals surface area (Å²) in [4.78, 5) is 15.8. The second kappa shape index (κ2) is 4.80. The van der Waals surface area contributed by atoms with E-state index in [0.717, 1.165) is 23.1 Å². The Hall–Kier alpha value is -1.84. The number of carbonyl (C=O) groups is 1. The molecule has 0 aliphatic carbocycles. The third kappa shape index (κ3) is 2.88. The first-order valence-corrected chi connectivity index (χ1v) is 6.07. The lowest BCUT2D eigenvalue weighted by Crippen LogP contribution is -2.35. The first-order valence-electron chi connectivity index (χ1n) is 6.07. The average Bonchev–Trinajstić information content (AvgIpc) is 2.74. The fourth-order valence-electron chi connectivity index (χ4n) is 1.64. The highest BCUT2D eigenvalue weighted by Gasteiger charge is 2.20. The SMILES string of the molecule is CC(C)(C)C(=O)NCCc1ccc2ocnc2c1. The van der Waals surface area contributed by atoms with Gasteiger partial charge in [0, 0.05) is 12.0 Å². The maximum Gasteiger partial charge on any atom is 0.225 e. The molecular formula is C14H18N2O2. The van der Waals surface area contributed by atoms with Crippen molar-refractivity contribution in [3.8, 4) is 0 Å². The standard InChI is InChI=1S/C14H18N2O2/c1-14(2,3)13(17)15-7-6-10-4-5-12-11(8-10)16-9-18-12/h4-5,8-9H,6-7H2,1-3H3,(H,15,17). The van der Waals surface area contributed by atoms with Crippen molar-refractivity contribution in [3.63, 3.8) is 0 Å². The monoisotopic (exact) mass is 246 g/mol. The maximum absolute atomic E-state index is 11.7. The van der Waals surface area contributed by atoms with E-state index in [0.29, 0.717) is 6.54 Å². The Bertz CT molecular complexity index is 552. The molecule has 0 aliphatic rings. The van der Waals surface area contributed by atoms with E-state index >= 15 is 0 Å². The number of hydrogen-bond donors (Lipinski definition) is 1. The normalized spacial score (nSPS) is 11.7. The fraction of sp³-hybridized carbons (Fsp3) is 0.429. The number of oxazole rings is 1. The van der Waals surface area contributed by atoms with Gasteiger partial charge in [-0.3, -0.25) is 4.79 Å². The second-order valence-corrected chi connectivity index (χ2v) is 5.41. The minimum atomic E-state index is -0.337. The molecule has 1 aromatic carbocycles. The molecule has 1 heterocycles. The highest BCUT2D eigenvalue weighted by molar-refractivity contribution is 5.81. The summed E-state index contributed by atoms with van der Waals surface area (Å²) in [7, 11) is 0. The molecule has 0 saturated carbocycles. The Labute approximate surface area is 106 Å². The van der Waals surface area contributed by atoms with Gasteiger partial charge in [-0.25, -0.2) is 4.98 Å². The summed E-state index contributed by atoms with van der Waals surface area (Å²) in [6, 6.07) is 5.89. The first kappa shape index (κ1) is 12.6. The zero-order valence-corrected chi connectivity index (χ0v) is 11.0. The smallest absolute Gasteiger partial charge is 0.225 e. The van der Waals surface area contributed by atoms with E-state index in [-0.39, 0.29) is 11.3 Å². The zero-order chi connectivity index (χ0) is 13.2. The Morgan fingerprint density at radius 2 is 2.17 bits per heavy atom. The Morgan fingerprint density at radius 1 is 1.39 bits per heavy atom. The third-order valence-corrected chi connectivity index (χ3v) is 2.78. The van der Waals surface area contributed by atoms with Gasteiger partial charge in [0.25, 0.3) is 0 Å². The molecule has 0 fully saturated rings. The van der Waals surface area contributed by atoms with Gasteiger partial charge < -0.3 is 9.73 Å². The number of amides is 1. The van der Waals surface area contributed by atoms with Crippen molar-refractivity contribution in [2.45, 2.75) is 27.2 Å². The van der Waals surface area contributed by atoms with Crippen LogP contribution in [-0.4, -0.2) is 17.4 Å². The summed E-state index contributed by atoms with van der Waals surface area (Å²) in [5.41, 5.74) is 2.45. The predicted octanol–water partition coefficient (Wildman–Crippen LogP) is 2.53. The van der Waals surface area contributed by atoms with Crippen LogP contribution < -0.4 is 5.32 Å². The van der Waals surface area contributed by atoms with Crippen LogP contribution in [0.15, 0.2) is 29.0 Å². The second-order valence-electron chi connectivity index (χ2n) is 5.41. The molecule has 0 unspecified atom stereocenters. The summed E-state index contributed by atoms with van der Waals surface area (Å²) in [6.07, 6.45) is 2.24. The summed E-state index contributed by atoms with van der Waals surface area (Å²) in [5.74, 6) is 0.0741. The average molecular weight is 246 g/mol. The van der Waals surface area contributed by atoms with Gasteiger partial charge in [0.1, 0.15) is 5.52 Å². The minimum absolute atomic E-state index is 0.0741. The number of fused-ring (bicyclic) bond motifs is 1. The van der Waals surface area contributed by atoms with Gasteiger partial charge in [-0.2, -0.15) is 0 Å². The maximum atomic E-state index is 11.7. The van der Waals surface area contributed by atoms with Crippen LogP contribution in [0.2, 0.25) is 0 Å². The van der Waals surface area contributed by atoms with Crippen molar-refractivity contribution < 1.29 is 9.21 Å². The van der Waals surface area contributed by atoms with Crippen molar-refractivity contribution in [2.75, 3.05) is 6.54 Å². The van der Waals surface area contributed by atoms with E-state index in [9.17, 15) is 4.79 Å². The van der Waals surface area contributed by atoms with Crippen molar-refractivity contribution in [1.82, 2.24) is 10.3 Å². The van der Waals surface area contributed by atoms with Gasteiger partial charge >= 0.3 is 0 Å². The Kier molecular flexibility index (Phi) is 3.36. The first-order chi connectivity index (χ1) is 8.47. The Balaban J connectivity index is 1.92. The van der Waals surface area contributed by atoms with Crippen LogP contribution in [0.4, 0.5) is 0 Å². The number of nitrogens with zero attached hydrogens (tertiary/aromatic N) is 1. The van der Waals surface area contributed by atoms with E-state index < -0.39 is 0 Å². The third-order valence-electron chi connectivity index (χ3n) is 2.78. The lowest BCUT2D eigenvalue weighted by atomic mass is 9.95. The zero-order valence-electron chi connectivity index (χ0n) is 11.0. The van der Waals surface area contributed by atoms with Gasteiger partial charge in [-0.1, -0.05) is 26.8 Å². The van der Waals surface area contributed by atoms with E-state index in [1.54, 1.807) is 0 Å². The molecule has 2 aromatic rings. The molecule has 0 atom stereocenters. The van der Waals surface area contributed by atoms with Gasteiger partial charge in [0.05, 0.1) is 0 Å². The summed E-state index contributed by atoms with van der Waals surface area (Å²) >= 11 is 0. The van der Waals surface area contributed by atoms with Gasteiger partial charge in [0.2, 0.25) is 5.91 Å². The van der Waals surface area contributed by atoms with E-state index in [1.165, 1.54) is 6.39 Å². The van der Waals surface area contributed by atoms with Crippen molar-refractivity contribution in [2.24, 2.45) is 5.41 Å². The van der Waals surface area contributed by atoms with Crippen LogP contribution in [0, 0.1) is 5.41 Å². The quantitative estimate of drug-likeness (QED) is 0.905. The highest BCUT2D eigenvalue weighted by Crippen LogP contribution is 2.15. The molecule has 0 aliphatic heterocycles. The number of benzene rings is 1. The lowest BCUT2D eigenvalue weighted by Gasteiger charge is -2.17. The van der Waals surface area contributed by atoms with Gasteiger partial charge in [0.15, 0.2) is 12.0 Å². The lowest BCUT2D eigenvalue weighted by molar-refractivity contribution is -0.128. The molecule has 1 aromatic heterocycles. The molecule has 2 rings (SSSR count). The van der Waals surface area contributed by atoms with Crippen LogP contribution >= 0.6 is 0 Å². The Morgan fingerprint density at radius 3 is 2.89 bits per heavy atom. The molecule has 96 valence electrons. The number of hydrogen-bond acceptors (Lipinski definition) is 3. The fourth-order valence-corrected chi connectivity index (χ4v) is 1.64.